The number of sulfonamides is 1. The molecule has 6 nitrogen and oxygen atoms in total. The van der Waals surface area contributed by atoms with Crippen LogP contribution in [0.5, 0.6) is 5.75 Å². The second-order valence-corrected chi connectivity index (χ2v) is 7.14. The van der Waals surface area contributed by atoms with Gasteiger partial charge in [-0.1, -0.05) is 0 Å². The fourth-order valence-corrected chi connectivity index (χ4v) is 3.45. The first-order chi connectivity index (χ1) is 9.96. The van der Waals surface area contributed by atoms with Gasteiger partial charge in [-0.2, -0.15) is 0 Å². The van der Waals surface area contributed by atoms with Crippen molar-refractivity contribution in [3.8, 4) is 5.75 Å². The second kappa shape index (κ2) is 6.52. The van der Waals surface area contributed by atoms with Crippen molar-refractivity contribution in [1.82, 2.24) is 9.71 Å². The molecule has 0 spiro atoms. The van der Waals surface area contributed by atoms with Gasteiger partial charge < -0.3 is 9.84 Å². The van der Waals surface area contributed by atoms with Gasteiger partial charge in [0.2, 0.25) is 10.0 Å². The van der Waals surface area contributed by atoms with Gasteiger partial charge in [0.05, 0.1) is 35.9 Å². The van der Waals surface area contributed by atoms with Crippen LogP contribution < -0.4 is 9.46 Å². The Kier molecular flexibility index (Phi) is 4.94. The van der Waals surface area contributed by atoms with Gasteiger partial charge in [-0.15, -0.1) is 11.3 Å². The van der Waals surface area contributed by atoms with Gasteiger partial charge in [-0.05, 0) is 25.1 Å². The Morgan fingerprint density at radius 2 is 2.19 bits per heavy atom. The Morgan fingerprint density at radius 1 is 1.43 bits per heavy atom. The van der Waals surface area contributed by atoms with Crippen LogP contribution in [0.2, 0.25) is 0 Å². The molecule has 114 valence electrons. The van der Waals surface area contributed by atoms with Crippen LogP contribution in [0, 0.1) is 6.92 Å². The maximum Gasteiger partial charge on any atom is 0.240 e. The topological polar surface area (TPSA) is 88.5 Å². The Bertz CT molecular complexity index is 726. The molecule has 0 saturated carbocycles. The number of nitrogens with one attached hydrogen (secondary N) is 1. The highest BCUT2D eigenvalue weighted by atomic mass is 32.2. The van der Waals surface area contributed by atoms with Crippen LogP contribution in [-0.2, 0) is 23.2 Å². The predicted octanol–water partition coefficient (Wildman–Crippen LogP) is 1.43. The van der Waals surface area contributed by atoms with Gasteiger partial charge in [0.15, 0.2) is 0 Å². The summed E-state index contributed by atoms with van der Waals surface area (Å²) in [5, 5.41) is 11.9. The van der Waals surface area contributed by atoms with E-state index < -0.39 is 10.0 Å². The number of aliphatic hydroxyl groups is 1. The molecule has 21 heavy (non-hydrogen) atoms. The zero-order valence-electron chi connectivity index (χ0n) is 11.7. The molecule has 0 atom stereocenters. The molecule has 0 unspecified atom stereocenters. The van der Waals surface area contributed by atoms with Gasteiger partial charge in [0.25, 0.3) is 0 Å². The Morgan fingerprint density at radius 3 is 2.76 bits per heavy atom. The third-order valence-electron chi connectivity index (χ3n) is 2.84. The Balaban J connectivity index is 2.19. The number of methoxy groups -OCH3 is 1. The van der Waals surface area contributed by atoms with Crippen LogP contribution in [0.4, 0.5) is 0 Å². The first-order valence-corrected chi connectivity index (χ1v) is 8.51. The number of thiazole rings is 1. The van der Waals surface area contributed by atoms with Gasteiger partial charge in [0.1, 0.15) is 5.75 Å². The van der Waals surface area contributed by atoms with Crippen LogP contribution in [0.15, 0.2) is 28.5 Å². The number of aryl methyl sites for hydroxylation is 1. The van der Waals surface area contributed by atoms with Crippen molar-refractivity contribution in [3.05, 3.63) is 39.8 Å². The minimum Gasteiger partial charge on any atom is -0.496 e. The predicted molar refractivity (Wildman–Crippen MR) is 79.8 cm³/mol. The highest BCUT2D eigenvalue weighted by molar-refractivity contribution is 7.89. The van der Waals surface area contributed by atoms with Crippen molar-refractivity contribution in [2.45, 2.75) is 25.0 Å². The molecule has 0 aliphatic carbocycles. The lowest BCUT2D eigenvalue weighted by Crippen LogP contribution is -2.23. The summed E-state index contributed by atoms with van der Waals surface area (Å²) >= 11 is 1.47. The highest BCUT2D eigenvalue weighted by Crippen LogP contribution is 2.22. The number of ether oxygens (including phenoxy) is 1. The summed E-state index contributed by atoms with van der Waals surface area (Å²) < 4.78 is 32.0. The average Bonchev–Trinajstić information content (AvgIpc) is 2.90. The lowest BCUT2D eigenvalue weighted by molar-refractivity contribution is 0.273. The molecule has 2 rings (SSSR count). The lowest BCUT2D eigenvalue weighted by Gasteiger charge is -2.10. The van der Waals surface area contributed by atoms with Crippen molar-refractivity contribution in [2.75, 3.05) is 7.11 Å². The Labute approximate surface area is 127 Å². The van der Waals surface area contributed by atoms with Crippen molar-refractivity contribution in [1.29, 1.82) is 0 Å². The van der Waals surface area contributed by atoms with Crippen LogP contribution in [0.3, 0.4) is 0 Å². The highest BCUT2D eigenvalue weighted by Gasteiger charge is 2.16. The van der Waals surface area contributed by atoms with Crippen LogP contribution in [0.1, 0.15) is 16.3 Å². The first-order valence-electron chi connectivity index (χ1n) is 6.14. The van der Waals surface area contributed by atoms with E-state index in [4.69, 9.17) is 4.74 Å². The standard InChI is InChI=1S/C13H16N2O4S2/c1-9-15-11(8-20-9)6-14-21(17,18)12-3-4-13(19-2)10(5-12)7-16/h3-5,8,14,16H,6-7H2,1-2H3. The number of benzene rings is 1. The van der Waals surface area contributed by atoms with E-state index in [0.29, 0.717) is 17.0 Å². The third kappa shape index (κ3) is 3.79. The smallest absolute Gasteiger partial charge is 0.240 e. The third-order valence-corrected chi connectivity index (χ3v) is 5.06. The number of hydrogen-bond donors (Lipinski definition) is 2. The number of nitrogens with zero attached hydrogens (tertiary/aromatic N) is 1. The second-order valence-electron chi connectivity index (χ2n) is 4.31. The zero-order valence-corrected chi connectivity index (χ0v) is 13.3. The molecule has 0 bridgehead atoms. The largest absolute Gasteiger partial charge is 0.496 e. The van der Waals surface area contributed by atoms with E-state index in [1.54, 1.807) is 0 Å². The number of hydrogen-bond acceptors (Lipinski definition) is 6. The van der Waals surface area contributed by atoms with Gasteiger partial charge in [-0.25, -0.2) is 18.1 Å². The summed E-state index contributed by atoms with van der Waals surface area (Å²) in [7, 11) is -2.20. The molecular weight excluding hydrogens is 312 g/mol. The molecule has 0 aliphatic heterocycles. The molecular formula is C13H16N2O4S2. The van der Waals surface area contributed by atoms with E-state index in [1.165, 1.54) is 36.6 Å². The summed E-state index contributed by atoms with van der Waals surface area (Å²) in [6.45, 7) is 1.70. The van der Waals surface area contributed by atoms with Crippen LogP contribution in [-0.4, -0.2) is 25.6 Å². The lowest BCUT2D eigenvalue weighted by atomic mass is 10.2. The van der Waals surface area contributed by atoms with Crippen molar-refractivity contribution in [3.63, 3.8) is 0 Å². The molecule has 2 N–H and O–H groups in total. The number of aliphatic hydroxyl groups excluding tert-OH is 1. The summed E-state index contributed by atoms with van der Waals surface area (Å²) in [5.41, 5.74) is 1.10. The van der Waals surface area contributed by atoms with Gasteiger partial charge in [-0.3, -0.25) is 0 Å². The molecule has 0 aliphatic rings. The molecule has 1 aromatic carbocycles. The van der Waals surface area contributed by atoms with E-state index in [9.17, 15) is 13.5 Å². The van der Waals surface area contributed by atoms with E-state index in [2.05, 4.69) is 9.71 Å². The van der Waals surface area contributed by atoms with Crippen molar-refractivity contribution >= 4 is 21.4 Å². The molecule has 1 aromatic heterocycles. The fourth-order valence-electron chi connectivity index (χ4n) is 1.79. The number of rotatable bonds is 6. The minimum atomic E-state index is -3.66. The molecule has 0 fully saturated rings. The minimum absolute atomic E-state index is 0.0827. The molecule has 8 heteroatoms. The SMILES string of the molecule is COc1ccc(S(=O)(=O)NCc2csc(C)n2)cc1CO. The van der Waals surface area contributed by atoms with Crippen molar-refractivity contribution < 1.29 is 18.3 Å². The summed E-state index contributed by atoms with van der Waals surface area (Å²) in [4.78, 5) is 4.28. The van der Waals surface area contributed by atoms with E-state index in [-0.39, 0.29) is 18.0 Å². The fraction of sp³-hybridized carbons (Fsp3) is 0.308. The molecule has 0 saturated heterocycles. The van der Waals surface area contributed by atoms with E-state index in [1.807, 2.05) is 12.3 Å². The average molecular weight is 328 g/mol. The van der Waals surface area contributed by atoms with Gasteiger partial charge >= 0.3 is 0 Å². The molecule has 2 aromatic rings. The summed E-state index contributed by atoms with van der Waals surface area (Å²) in [6.07, 6.45) is 0. The first kappa shape index (κ1) is 15.9. The monoisotopic (exact) mass is 328 g/mol. The summed E-state index contributed by atoms with van der Waals surface area (Å²) in [5.74, 6) is 0.451. The number of aromatic nitrogens is 1. The van der Waals surface area contributed by atoms with Crippen LogP contribution in [0.25, 0.3) is 0 Å². The van der Waals surface area contributed by atoms with E-state index in [0.717, 1.165) is 5.01 Å². The maximum atomic E-state index is 12.2. The van der Waals surface area contributed by atoms with Crippen molar-refractivity contribution in [2.24, 2.45) is 0 Å². The maximum absolute atomic E-state index is 12.2. The van der Waals surface area contributed by atoms with Gasteiger partial charge in [0, 0.05) is 10.9 Å². The Hall–Kier alpha value is -1.48. The normalized spacial score (nSPS) is 11.6. The molecule has 0 radical (unpaired) electrons. The molecule has 1 heterocycles. The summed E-state index contributed by atoms with van der Waals surface area (Å²) in [6, 6.07) is 4.35. The molecule has 0 amide bonds. The quantitative estimate of drug-likeness (QED) is 0.837. The zero-order chi connectivity index (χ0) is 15.5. The van der Waals surface area contributed by atoms with E-state index >= 15 is 0 Å². The van der Waals surface area contributed by atoms with Crippen LogP contribution >= 0.6 is 11.3 Å².